The van der Waals surface area contributed by atoms with E-state index in [1.807, 2.05) is 6.92 Å². The molecule has 0 radical (unpaired) electrons. The van der Waals surface area contributed by atoms with Gasteiger partial charge in [-0.25, -0.2) is 8.96 Å². The van der Waals surface area contributed by atoms with E-state index in [2.05, 4.69) is 14.4 Å². The lowest BCUT2D eigenvalue weighted by Crippen LogP contribution is -2.06. The minimum Gasteiger partial charge on any atom is -0.236 e. The average molecular weight is 237 g/mol. The summed E-state index contributed by atoms with van der Waals surface area (Å²) >= 11 is 0. The number of hydrogen-bond donors (Lipinski definition) is 0. The summed E-state index contributed by atoms with van der Waals surface area (Å²) in [4.78, 5) is 6.20. The van der Waals surface area contributed by atoms with E-state index in [1.54, 1.807) is 18.2 Å². The van der Waals surface area contributed by atoms with Gasteiger partial charge in [-0.2, -0.15) is 8.42 Å². The molecule has 0 aliphatic heterocycles. The lowest BCUT2D eigenvalue weighted by Gasteiger charge is -1.99. The predicted molar refractivity (Wildman–Crippen MR) is 57.9 cm³/mol. The van der Waals surface area contributed by atoms with Crippen LogP contribution in [0.2, 0.25) is 0 Å². The van der Waals surface area contributed by atoms with Gasteiger partial charge in [0, 0.05) is 4.91 Å². The van der Waals surface area contributed by atoms with Crippen LogP contribution < -0.4 is 0 Å². The smallest absolute Gasteiger partial charge is 0.236 e. The number of benzene rings is 1. The number of fused-ring (bicyclic) bond motifs is 1. The highest BCUT2D eigenvalue weighted by Gasteiger charge is 2.14. The Kier molecular flexibility index (Phi) is 2.30. The minimum absolute atomic E-state index is 0.387. The van der Waals surface area contributed by atoms with E-state index >= 15 is 0 Å². The first kappa shape index (κ1) is 10.5. The molecular weight excluding hydrogens is 230 g/mol. The quantitative estimate of drug-likeness (QED) is 0.451. The predicted octanol–water partition coefficient (Wildman–Crippen LogP) is 1.75. The van der Waals surface area contributed by atoms with Gasteiger partial charge in [-0.3, -0.25) is 0 Å². The first-order valence-electron chi connectivity index (χ1n) is 4.30. The summed E-state index contributed by atoms with van der Waals surface area (Å²) in [6, 6.07) is 5.12. The molecule has 0 atom stereocenters. The monoisotopic (exact) mass is 237 g/mol. The molecule has 16 heavy (non-hydrogen) atoms. The van der Waals surface area contributed by atoms with Crippen LogP contribution in [-0.2, 0) is 10.2 Å². The molecule has 8 heteroatoms. The molecule has 0 aliphatic rings. The molecule has 0 aliphatic carbocycles. The fourth-order valence-electron chi connectivity index (χ4n) is 1.37. The van der Waals surface area contributed by atoms with Gasteiger partial charge in [0.1, 0.15) is 6.33 Å². The van der Waals surface area contributed by atoms with Gasteiger partial charge in [-0.05, 0) is 30.2 Å². The topological polar surface area (TPSA) is 101 Å². The maximum Gasteiger partial charge on any atom is 0.329 e. The third kappa shape index (κ3) is 1.60. The molecule has 0 fully saturated rings. The third-order valence-electron chi connectivity index (χ3n) is 2.06. The molecule has 0 amide bonds. The molecule has 82 valence electrons. The first-order chi connectivity index (χ1) is 7.54. The van der Waals surface area contributed by atoms with Crippen molar-refractivity contribution >= 4 is 21.2 Å². The number of aromatic nitrogens is 2. The van der Waals surface area contributed by atoms with Crippen molar-refractivity contribution in [3.8, 4) is 0 Å². The Morgan fingerprint density at radius 3 is 2.94 bits per heavy atom. The van der Waals surface area contributed by atoms with Crippen LogP contribution in [0.5, 0.6) is 0 Å². The maximum absolute atomic E-state index is 11.5. The van der Waals surface area contributed by atoms with Crippen molar-refractivity contribution in [2.45, 2.75) is 6.92 Å². The molecule has 7 nitrogen and oxygen atoms in total. The number of aryl methyl sites for hydroxylation is 1. The van der Waals surface area contributed by atoms with E-state index < -0.39 is 10.2 Å². The van der Waals surface area contributed by atoms with E-state index in [4.69, 9.17) is 5.53 Å². The van der Waals surface area contributed by atoms with Gasteiger partial charge < -0.3 is 0 Å². The van der Waals surface area contributed by atoms with Crippen LogP contribution in [0, 0.1) is 6.92 Å². The highest BCUT2D eigenvalue weighted by atomic mass is 32.2. The Balaban J connectivity index is 2.77. The molecule has 2 aromatic rings. The van der Waals surface area contributed by atoms with Gasteiger partial charge >= 0.3 is 10.2 Å². The van der Waals surface area contributed by atoms with Crippen molar-refractivity contribution in [3.63, 3.8) is 0 Å². The van der Waals surface area contributed by atoms with Gasteiger partial charge in [-0.1, -0.05) is 6.07 Å². The molecule has 0 N–H and O–H groups in total. The highest BCUT2D eigenvalue weighted by molar-refractivity contribution is 7.88. The summed E-state index contributed by atoms with van der Waals surface area (Å²) < 4.78 is 26.6. The van der Waals surface area contributed by atoms with Crippen molar-refractivity contribution in [1.82, 2.24) is 8.96 Å². The standard InChI is InChI=1S/C8H7N5O2S/c1-6-2-3-8-7(4-6)10-5-13(8)16(14,15)12-11-9/h2-5H,1H3. The second-order valence-corrected chi connectivity index (χ2v) is 4.63. The van der Waals surface area contributed by atoms with Crippen molar-refractivity contribution in [3.05, 3.63) is 40.5 Å². The summed E-state index contributed by atoms with van der Waals surface area (Å²) in [6.45, 7) is 1.88. The first-order valence-corrected chi connectivity index (χ1v) is 5.70. The highest BCUT2D eigenvalue weighted by Crippen LogP contribution is 2.16. The zero-order valence-corrected chi connectivity index (χ0v) is 9.09. The summed E-state index contributed by atoms with van der Waals surface area (Å²) in [6.07, 6.45) is 1.12. The van der Waals surface area contributed by atoms with Crippen LogP contribution in [0.3, 0.4) is 0 Å². The van der Waals surface area contributed by atoms with Crippen LogP contribution in [0.15, 0.2) is 29.0 Å². The summed E-state index contributed by atoms with van der Waals surface area (Å²) in [7, 11) is -4.04. The van der Waals surface area contributed by atoms with Crippen molar-refractivity contribution in [1.29, 1.82) is 0 Å². The van der Waals surface area contributed by atoms with Crippen molar-refractivity contribution < 1.29 is 8.42 Å². The van der Waals surface area contributed by atoms with Gasteiger partial charge in [-0.15, -0.1) is 0 Å². The van der Waals surface area contributed by atoms with Crippen molar-refractivity contribution in [2.24, 2.45) is 4.52 Å². The normalized spacial score (nSPS) is 11.3. The zero-order chi connectivity index (χ0) is 11.8. The fraction of sp³-hybridized carbons (Fsp3) is 0.125. The molecule has 0 unspecified atom stereocenters. The number of imidazole rings is 1. The lowest BCUT2D eigenvalue weighted by molar-refractivity contribution is 0.590. The number of azide groups is 1. The van der Waals surface area contributed by atoms with E-state index in [9.17, 15) is 8.42 Å². The van der Waals surface area contributed by atoms with Gasteiger partial charge in [0.05, 0.1) is 15.6 Å². The molecule has 0 spiro atoms. The van der Waals surface area contributed by atoms with Crippen LogP contribution in [0.4, 0.5) is 0 Å². The number of nitrogens with zero attached hydrogens (tertiary/aromatic N) is 5. The van der Waals surface area contributed by atoms with Gasteiger partial charge in [0.2, 0.25) is 0 Å². The average Bonchev–Trinajstić information content (AvgIpc) is 2.60. The Morgan fingerprint density at radius 2 is 2.25 bits per heavy atom. The SMILES string of the molecule is Cc1ccc2c(c1)ncn2S(=O)(=O)N=[N+]=[N-]. The fourth-order valence-corrected chi connectivity index (χ4v) is 2.11. The van der Waals surface area contributed by atoms with Gasteiger partial charge in [0.25, 0.3) is 0 Å². The Hall–Kier alpha value is -2.05. The van der Waals surface area contributed by atoms with Crippen LogP contribution >= 0.6 is 0 Å². The molecule has 1 heterocycles. The number of hydrogen-bond acceptors (Lipinski definition) is 3. The summed E-state index contributed by atoms with van der Waals surface area (Å²) in [5.41, 5.74) is 10.1. The van der Waals surface area contributed by atoms with E-state index in [0.29, 0.717) is 11.0 Å². The molecular formula is C8H7N5O2S. The largest absolute Gasteiger partial charge is 0.329 e. The van der Waals surface area contributed by atoms with E-state index in [1.165, 1.54) is 0 Å². The molecule has 1 aromatic heterocycles. The lowest BCUT2D eigenvalue weighted by atomic mass is 10.2. The Bertz CT molecular complexity index is 696. The van der Waals surface area contributed by atoms with Crippen molar-refractivity contribution in [2.75, 3.05) is 0 Å². The molecule has 0 bridgehead atoms. The zero-order valence-electron chi connectivity index (χ0n) is 8.27. The molecule has 1 aromatic carbocycles. The summed E-state index contributed by atoms with van der Waals surface area (Å²) in [5, 5.41) is 0. The maximum atomic E-state index is 11.5. The van der Waals surface area contributed by atoms with Crippen LogP contribution in [-0.4, -0.2) is 17.4 Å². The van der Waals surface area contributed by atoms with Gasteiger partial charge in [0.15, 0.2) is 0 Å². The van der Waals surface area contributed by atoms with E-state index in [-0.39, 0.29) is 0 Å². The third-order valence-corrected chi connectivity index (χ3v) is 3.13. The van der Waals surface area contributed by atoms with Crippen LogP contribution in [0.25, 0.3) is 21.5 Å². The van der Waals surface area contributed by atoms with Crippen LogP contribution in [0.1, 0.15) is 5.56 Å². The second-order valence-electron chi connectivity index (χ2n) is 3.18. The van der Waals surface area contributed by atoms with E-state index in [0.717, 1.165) is 15.9 Å². The Morgan fingerprint density at radius 1 is 1.50 bits per heavy atom. The second kappa shape index (κ2) is 3.51. The number of rotatable bonds is 2. The molecule has 2 rings (SSSR count). The minimum atomic E-state index is -4.04. The Labute approximate surface area is 91.1 Å². The summed E-state index contributed by atoms with van der Waals surface area (Å²) in [5.74, 6) is 0. The molecule has 0 saturated carbocycles. The molecule has 0 saturated heterocycles.